The first-order valence-corrected chi connectivity index (χ1v) is 6.31. The molecule has 0 saturated carbocycles. The second kappa shape index (κ2) is 6.17. The third-order valence-corrected chi connectivity index (χ3v) is 3.16. The highest BCUT2D eigenvalue weighted by Gasteiger charge is 2.18. The van der Waals surface area contributed by atoms with Gasteiger partial charge in [-0.25, -0.2) is 0 Å². The predicted octanol–water partition coefficient (Wildman–Crippen LogP) is 2.53. The van der Waals surface area contributed by atoms with Crippen LogP contribution >= 0.6 is 0 Å². The quantitative estimate of drug-likeness (QED) is 0.676. The molecule has 0 amide bonds. The zero-order chi connectivity index (χ0) is 15.4. The molecule has 0 aliphatic rings. The highest BCUT2D eigenvalue weighted by molar-refractivity contribution is 6.13. The zero-order valence-corrected chi connectivity index (χ0v) is 12.2. The second-order valence-electron chi connectivity index (χ2n) is 4.35. The van der Waals surface area contributed by atoms with Gasteiger partial charge in [-0.1, -0.05) is 0 Å². The largest absolute Gasteiger partial charge is 0.497 e. The SMILES string of the molecule is COc1ccc(C(=O)c2cc(OC)ccc2N)c(OC)c1. The third kappa shape index (κ3) is 2.91. The van der Waals surface area contributed by atoms with Gasteiger partial charge in [-0.15, -0.1) is 0 Å². The van der Waals surface area contributed by atoms with E-state index in [-0.39, 0.29) is 5.78 Å². The van der Waals surface area contributed by atoms with E-state index in [1.165, 1.54) is 14.2 Å². The standard InChI is InChI=1S/C16H17NO4/c1-19-10-5-7-14(17)13(8-10)16(18)12-6-4-11(20-2)9-15(12)21-3/h4-9H,17H2,1-3H3. The molecule has 5 nitrogen and oxygen atoms in total. The Balaban J connectivity index is 2.49. The van der Waals surface area contributed by atoms with Crippen LogP contribution in [0.15, 0.2) is 36.4 Å². The summed E-state index contributed by atoms with van der Waals surface area (Å²) in [5.74, 6) is 1.38. The van der Waals surface area contributed by atoms with Gasteiger partial charge in [0, 0.05) is 17.3 Å². The fourth-order valence-electron chi connectivity index (χ4n) is 1.99. The minimum absolute atomic E-state index is 0.231. The van der Waals surface area contributed by atoms with Gasteiger partial charge >= 0.3 is 0 Å². The first-order chi connectivity index (χ1) is 10.1. The lowest BCUT2D eigenvalue weighted by Gasteiger charge is -2.11. The number of hydrogen-bond acceptors (Lipinski definition) is 5. The lowest BCUT2D eigenvalue weighted by molar-refractivity contribution is 0.103. The smallest absolute Gasteiger partial charge is 0.198 e. The van der Waals surface area contributed by atoms with Gasteiger partial charge < -0.3 is 19.9 Å². The van der Waals surface area contributed by atoms with Gasteiger partial charge in [-0.2, -0.15) is 0 Å². The molecule has 0 radical (unpaired) electrons. The number of hydrogen-bond donors (Lipinski definition) is 1. The topological polar surface area (TPSA) is 70.8 Å². The van der Waals surface area contributed by atoms with Crippen molar-refractivity contribution in [2.75, 3.05) is 27.1 Å². The van der Waals surface area contributed by atoms with Gasteiger partial charge in [0.2, 0.25) is 0 Å². The Bertz CT molecular complexity index is 667. The fourth-order valence-corrected chi connectivity index (χ4v) is 1.99. The molecule has 0 unspecified atom stereocenters. The highest BCUT2D eigenvalue weighted by atomic mass is 16.5. The van der Waals surface area contributed by atoms with Crippen LogP contribution in [-0.2, 0) is 0 Å². The Hall–Kier alpha value is -2.69. The average Bonchev–Trinajstić information content (AvgIpc) is 2.54. The van der Waals surface area contributed by atoms with Crippen LogP contribution in [0, 0.1) is 0 Å². The van der Waals surface area contributed by atoms with E-state index in [2.05, 4.69) is 0 Å². The van der Waals surface area contributed by atoms with Crippen LogP contribution in [0.3, 0.4) is 0 Å². The summed E-state index contributed by atoms with van der Waals surface area (Å²) in [4.78, 5) is 12.7. The van der Waals surface area contributed by atoms with Crippen molar-refractivity contribution in [1.29, 1.82) is 0 Å². The summed E-state index contributed by atoms with van der Waals surface area (Å²) in [6.45, 7) is 0. The minimum atomic E-state index is -0.231. The van der Waals surface area contributed by atoms with E-state index in [4.69, 9.17) is 19.9 Å². The Morgan fingerprint density at radius 3 is 2.10 bits per heavy atom. The van der Waals surface area contributed by atoms with Crippen LogP contribution in [0.25, 0.3) is 0 Å². The van der Waals surface area contributed by atoms with E-state index in [9.17, 15) is 4.79 Å². The summed E-state index contributed by atoms with van der Waals surface area (Å²) in [6.07, 6.45) is 0. The molecule has 0 saturated heterocycles. The minimum Gasteiger partial charge on any atom is -0.497 e. The van der Waals surface area contributed by atoms with Crippen molar-refractivity contribution in [3.05, 3.63) is 47.5 Å². The highest BCUT2D eigenvalue weighted by Crippen LogP contribution is 2.29. The number of ether oxygens (including phenoxy) is 3. The molecule has 0 aromatic heterocycles. The summed E-state index contributed by atoms with van der Waals surface area (Å²) in [5, 5.41) is 0. The molecular formula is C16H17NO4. The van der Waals surface area contributed by atoms with Crippen LogP contribution in [0.5, 0.6) is 17.2 Å². The van der Waals surface area contributed by atoms with Crippen LogP contribution in [0.4, 0.5) is 5.69 Å². The van der Waals surface area contributed by atoms with E-state index < -0.39 is 0 Å². The van der Waals surface area contributed by atoms with E-state index in [1.807, 2.05) is 0 Å². The maximum atomic E-state index is 12.7. The average molecular weight is 287 g/mol. The van der Waals surface area contributed by atoms with Gasteiger partial charge in [-0.3, -0.25) is 4.79 Å². The van der Waals surface area contributed by atoms with Crippen molar-refractivity contribution in [3.8, 4) is 17.2 Å². The molecule has 0 atom stereocenters. The maximum absolute atomic E-state index is 12.7. The first kappa shape index (κ1) is 14.7. The molecule has 110 valence electrons. The van der Waals surface area contributed by atoms with Crippen molar-refractivity contribution in [2.45, 2.75) is 0 Å². The second-order valence-corrected chi connectivity index (χ2v) is 4.35. The lowest BCUT2D eigenvalue weighted by Crippen LogP contribution is -2.07. The molecule has 2 rings (SSSR count). The summed E-state index contributed by atoms with van der Waals surface area (Å²) in [5.41, 5.74) is 7.06. The van der Waals surface area contributed by atoms with E-state index in [1.54, 1.807) is 43.5 Å². The van der Waals surface area contributed by atoms with Gasteiger partial charge in [0.05, 0.1) is 26.9 Å². The number of ketones is 1. The van der Waals surface area contributed by atoms with E-state index in [0.717, 1.165) is 0 Å². The summed E-state index contributed by atoms with van der Waals surface area (Å²) in [6, 6.07) is 9.97. The molecule has 2 N–H and O–H groups in total. The Labute approximate surface area is 123 Å². The number of benzene rings is 2. The number of nitrogen functional groups attached to an aromatic ring is 1. The Morgan fingerprint density at radius 2 is 1.48 bits per heavy atom. The number of carbonyl (C=O) groups is 1. The molecule has 21 heavy (non-hydrogen) atoms. The van der Waals surface area contributed by atoms with Crippen molar-refractivity contribution in [3.63, 3.8) is 0 Å². The molecule has 0 aliphatic carbocycles. The Kier molecular flexibility index (Phi) is 4.33. The zero-order valence-electron chi connectivity index (χ0n) is 12.2. The lowest BCUT2D eigenvalue weighted by atomic mass is 10.0. The first-order valence-electron chi connectivity index (χ1n) is 6.31. The molecule has 0 heterocycles. The molecule has 2 aromatic rings. The fraction of sp³-hybridized carbons (Fsp3) is 0.188. The van der Waals surface area contributed by atoms with Crippen LogP contribution in [0.1, 0.15) is 15.9 Å². The number of nitrogens with two attached hydrogens (primary N) is 1. The Morgan fingerprint density at radius 1 is 0.857 bits per heavy atom. The summed E-state index contributed by atoms with van der Waals surface area (Å²) < 4.78 is 15.5. The number of rotatable bonds is 5. The van der Waals surface area contributed by atoms with Crippen LogP contribution < -0.4 is 19.9 Å². The molecule has 0 bridgehead atoms. The number of methoxy groups -OCH3 is 3. The van der Waals surface area contributed by atoms with Gasteiger partial charge in [-0.05, 0) is 30.3 Å². The molecular weight excluding hydrogens is 270 g/mol. The van der Waals surface area contributed by atoms with E-state index >= 15 is 0 Å². The van der Waals surface area contributed by atoms with E-state index in [0.29, 0.717) is 34.1 Å². The molecule has 0 fully saturated rings. The normalized spacial score (nSPS) is 10.0. The van der Waals surface area contributed by atoms with Crippen LogP contribution in [-0.4, -0.2) is 27.1 Å². The predicted molar refractivity (Wildman–Crippen MR) is 80.4 cm³/mol. The molecule has 0 aliphatic heterocycles. The maximum Gasteiger partial charge on any atom is 0.198 e. The van der Waals surface area contributed by atoms with Gasteiger partial charge in [0.25, 0.3) is 0 Å². The van der Waals surface area contributed by atoms with Gasteiger partial charge in [0.15, 0.2) is 5.78 Å². The monoisotopic (exact) mass is 287 g/mol. The van der Waals surface area contributed by atoms with Gasteiger partial charge in [0.1, 0.15) is 17.2 Å². The number of anilines is 1. The molecule has 0 spiro atoms. The van der Waals surface area contributed by atoms with Crippen molar-refractivity contribution >= 4 is 11.5 Å². The van der Waals surface area contributed by atoms with Crippen molar-refractivity contribution < 1.29 is 19.0 Å². The van der Waals surface area contributed by atoms with Crippen LogP contribution in [0.2, 0.25) is 0 Å². The van der Waals surface area contributed by atoms with Crippen molar-refractivity contribution in [2.24, 2.45) is 0 Å². The molecule has 2 aromatic carbocycles. The summed E-state index contributed by atoms with van der Waals surface area (Å²) in [7, 11) is 4.59. The molecule has 5 heteroatoms. The third-order valence-electron chi connectivity index (χ3n) is 3.16. The number of carbonyl (C=O) groups excluding carboxylic acids is 1. The van der Waals surface area contributed by atoms with Crippen molar-refractivity contribution in [1.82, 2.24) is 0 Å². The summed E-state index contributed by atoms with van der Waals surface area (Å²) >= 11 is 0.